The molecule has 6 nitrogen and oxygen atoms in total. The number of hydrogen-bond acceptors (Lipinski definition) is 5. The van der Waals surface area contributed by atoms with Crippen LogP contribution in [0.5, 0.6) is 11.5 Å². The molecule has 2 aliphatic carbocycles. The number of hydrogen-bond donors (Lipinski definition) is 2. The largest absolute Gasteiger partial charge is 0.755 e. The molecule has 3 aromatic rings. The lowest BCUT2D eigenvalue weighted by atomic mass is 9.80. The smallest absolute Gasteiger partial charge is 0.133 e. The Morgan fingerprint density at radius 1 is 1.05 bits per heavy atom. The van der Waals surface area contributed by atoms with Crippen LogP contribution < -0.4 is 9.46 Å². The lowest BCUT2D eigenvalue weighted by Crippen LogP contribution is -2.21. The number of halogens is 1. The Balaban J connectivity index is 1.77. The standard InChI is InChI=1S/C32H39FN2O4S/c1-19-16-22(33)17-20(2)31(19)39-23-14-15-26(32(3,4)36)25(18-23)28-24-12-8-9-13-27(24)34-29(30(28)35-40(37)38)21-10-6-5-7-11-21/h14-18,21,35-36H,5-13H2,1-4H3,(H,37,38)/p-1. The summed E-state index contributed by atoms with van der Waals surface area (Å²) in [5.74, 6) is 0.943. The van der Waals surface area contributed by atoms with Gasteiger partial charge in [-0.05, 0) is 118 Å². The third-order valence-electron chi connectivity index (χ3n) is 8.24. The van der Waals surface area contributed by atoms with E-state index in [1.165, 1.54) is 18.6 Å². The highest BCUT2D eigenvalue weighted by molar-refractivity contribution is 7.80. The lowest BCUT2D eigenvalue weighted by Gasteiger charge is -2.32. The Bertz CT molecular complexity index is 1420. The molecule has 1 saturated carbocycles. The van der Waals surface area contributed by atoms with Crippen molar-refractivity contribution in [2.24, 2.45) is 0 Å². The normalized spacial score (nSPS) is 16.9. The predicted molar refractivity (Wildman–Crippen MR) is 156 cm³/mol. The first kappa shape index (κ1) is 28.7. The Morgan fingerprint density at radius 3 is 2.38 bits per heavy atom. The molecule has 2 aliphatic rings. The molecule has 0 saturated heterocycles. The molecule has 0 aliphatic heterocycles. The number of aliphatic hydroxyl groups is 1. The highest BCUT2D eigenvalue weighted by Gasteiger charge is 2.31. The molecule has 0 bridgehead atoms. The van der Waals surface area contributed by atoms with Crippen LogP contribution in [0.4, 0.5) is 10.1 Å². The van der Waals surface area contributed by atoms with Gasteiger partial charge in [-0.25, -0.2) is 4.39 Å². The summed E-state index contributed by atoms with van der Waals surface area (Å²) >= 11 is -2.56. The van der Waals surface area contributed by atoms with Gasteiger partial charge in [-0.15, -0.1) is 0 Å². The highest BCUT2D eigenvalue weighted by atomic mass is 32.2. The molecule has 0 spiro atoms. The summed E-state index contributed by atoms with van der Waals surface area (Å²) in [5, 5.41) is 11.3. The molecule has 2 N–H and O–H groups in total. The maximum Gasteiger partial charge on any atom is 0.133 e. The second-order valence-corrected chi connectivity index (χ2v) is 12.5. The third-order valence-corrected chi connectivity index (χ3v) is 8.61. The van der Waals surface area contributed by atoms with Gasteiger partial charge in [0.05, 0.1) is 17.0 Å². The van der Waals surface area contributed by atoms with Gasteiger partial charge < -0.3 is 19.1 Å². The molecule has 1 heterocycles. The number of rotatable bonds is 7. The minimum absolute atomic E-state index is 0.167. The number of fused-ring (bicyclic) bond motifs is 1. The van der Waals surface area contributed by atoms with Crippen molar-refractivity contribution in [1.82, 2.24) is 4.98 Å². The number of nitrogens with one attached hydrogen (secondary N) is 1. The van der Waals surface area contributed by atoms with E-state index in [1.54, 1.807) is 33.8 Å². The Kier molecular flexibility index (Phi) is 8.32. The summed E-state index contributed by atoms with van der Waals surface area (Å²) in [5.41, 5.74) is 5.66. The zero-order valence-corrected chi connectivity index (χ0v) is 24.5. The van der Waals surface area contributed by atoms with E-state index in [4.69, 9.17) is 9.72 Å². The first-order valence-corrected chi connectivity index (χ1v) is 15.3. The fourth-order valence-corrected chi connectivity index (χ4v) is 6.79. The zero-order chi connectivity index (χ0) is 28.6. The summed E-state index contributed by atoms with van der Waals surface area (Å²) in [7, 11) is 0. The van der Waals surface area contributed by atoms with Crippen LogP contribution in [0.25, 0.3) is 11.1 Å². The predicted octanol–water partition coefficient (Wildman–Crippen LogP) is 7.66. The molecular formula is C32H38FN2O4S-. The molecule has 8 heteroatoms. The number of aryl methyl sites for hydroxylation is 3. The monoisotopic (exact) mass is 565 g/mol. The van der Waals surface area contributed by atoms with Crippen LogP contribution >= 0.6 is 0 Å². The maximum atomic E-state index is 14.0. The molecule has 40 heavy (non-hydrogen) atoms. The molecule has 2 aromatic carbocycles. The quantitative estimate of drug-likeness (QED) is 0.287. The fourth-order valence-electron chi connectivity index (χ4n) is 6.42. The molecule has 0 radical (unpaired) electrons. The van der Waals surface area contributed by atoms with Gasteiger partial charge in [0.1, 0.15) is 17.3 Å². The van der Waals surface area contributed by atoms with Crippen LogP contribution in [0.2, 0.25) is 0 Å². The summed E-state index contributed by atoms with van der Waals surface area (Å²) in [6.07, 6.45) is 8.92. The number of benzene rings is 2. The van der Waals surface area contributed by atoms with Crippen molar-refractivity contribution in [2.45, 2.75) is 97.0 Å². The minimum atomic E-state index is -2.56. The first-order chi connectivity index (χ1) is 19.0. The van der Waals surface area contributed by atoms with Crippen molar-refractivity contribution in [2.75, 3.05) is 4.72 Å². The molecule has 214 valence electrons. The van der Waals surface area contributed by atoms with Crippen LogP contribution in [-0.4, -0.2) is 18.9 Å². The number of nitrogens with zero attached hydrogens (tertiary/aromatic N) is 1. The van der Waals surface area contributed by atoms with Gasteiger partial charge in [0.15, 0.2) is 0 Å². The van der Waals surface area contributed by atoms with E-state index in [-0.39, 0.29) is 11.7 Å². The van der Waals surface area contributed by atoms with Crippen LogP contribution in [0.3, 0.4) is 0 Å². The van der Waals surface area contributed by atoms with Crippen LogP contribution in [0, 0.1) is 19.7 Å². The molecule has 1 atom stereocenters. The average molecular weight is 566 g/mol. The molecule has 5 rings (SSSR count). The molecule has 1 unspecified atom stereocenters. The third kappa shape index (κ3) is 5.94. The van der Waals surface area contributed by atoms with Gasteiger partial charge in [-0.3, -0.25) is 9.19 Å². The van der Waals surface area contributed by atoms with E-state index >= 15 is 0 Å². The van der Waals surface area contributed by atoms with Crippen LogP contribution in [0.1, 0.15) is 98.4 Å². The van der Waals surface area contributed by atoms with E-state index in [1.807, 2.05) is 12.1 Å². The van der Waals surface area contributed by atoms with Crippen molar-refractivity contribution < 1.29 is 23.0 Å². The number of aromatic nitrogens is 1. The molecule has 0 amide bonds. The van der Waals surface area contributed by atoms with Crippen molar-refractivity contribution in [1.29, 1.82) is 0 Å². The van der Waals surface area contributed by atoms with Crippen LogP contribution in [0.15, 0.2) is 30.3 Å². The van der Waals surface area contributed by atoms with Crippen LogP contribution in [-0.2, 0) is 29.7 Å². The first-order valence-electron chi connectivity index (χ1n) is 14.3. The van der Waals surface area contributed by atoms with Gasteiger partial charge in [0, 0.05) is 28.4 Å². The van der Waals surface area contributed by atoms with Gasteiger partial charge in [0.25, 0.3) is 0 Å². The number of ether oxygens (including phenoxy) is 1. The SMILES string of the molecule is Cc1cc(F)cc(C)c1Oc1ccc(C(C)(C)O)c(-c2c3c(nc(C4CCCCC4)c2NS(=O)[O-])CCCC3)c1. The molecule has 1 aromatic heterocycles. The average Bonchev–Trinajstić information content (AvgIpc) is 2.90. The van der Waals surface area contributed by atoms with Crippen molar-refractivity contribution in [3.05, 3.63) is 69.8 Å². The van der Waals surface area contributed by atoms with Crippen molar-refractivity contribution >= 4 is 17.0 Å². The Morgan fingerprint density at radius 2 is 1.73 bits per heavy atom. The number of anilines is 1. The highest BCUT2D eigenvalue weighted by Crippen LogP contribution is 2.47. The van der Waals surface area contributed by atoms with Gasteiger partial charge >= 0.3 is 0 Å². The molecular weight excluding hydrogens is 527 g/mol. The maximum absolute atomic E-state index is 14.0. The van der Waals surface area contributed by atoms with E-state index in [0.717, 1.165) is 73.9 Å². The fraction of sp³-hybridized carbons (Fsp3) is 0.469. The second kappa shape index (κ2) is 11.6. The van der Waals surface area contributed by atoms with E-state index in [2.05, 4.69) is 4.72 Å². The Hall–Kier alpha value is -2.81. The van der Waals surface area contributed by atoms with E-state index in [0.29, 0.717) is 39.4 Å². The van der Waals surface area contributed by atoms with E-state index < -0.39 is 16.9 Å². The summed E-state index contributed by atoms with van der Waals surface area (Å²) < 4.78 is 47.5. The second-order valence-electron chi connectivity index (χ2n) is 11.8. The summed E-state index contributed by atoms with van der Waals surface area (Å²) in [6.45, 7) is 7.07. The van der Waals surface area contributed by atoms with Gasteiger partial charge in [-0.2, -0.15) is 0 Å². The number of pyridine rings is 1. The van der Waals surface area contributed by atoms with Gasteiger partial charge in [0.2, 0.25) is 0 Å². The Labute approximate surface area is 238 Å². The van der Waals surface area contributed by atoms with Crippen molar-refractivity contribution in [3.63, 3.8) is 0 Å². The lowest BCUT2D eigenvalue weighted by molar-refractivity contribution is 0.0791. The zero-order valence-electron chi connectivity index (χ0n) is 23.7. The van der Waals surface area contributed by atoms with Crippen molar-refractivity contribution in [3.8, 4) is 22.6 Å². The topological polar surface area (TPSA) is 94.5 Å². The summed E-state index contributed by atoms with van der Waals surface area (Å²) in [6, 6.07) is 8.40. The van der Waals surface area contributed by atoms with E-state index in [9.17, 15) is 18.3 Å². The summed E-state index contributed by atoms with van der Waals surface area (Å²) in [4.78, 5) is 5.12. The molecule has 1 fully saturated rings. The minimum Gasteiger partial charge on any atom is -0.755 e. The van der Waals surface area contributed by atoms with Gasteiger partial charge in [-0.1, -0.05) is 25.3 Å².